The molecule has 0 saturated heterocycles. The molecule has 2 atom stereocenters. The number of sulfone groups is 1. The molecule has 1 aromatic heterocycles. The van der Waals surface area contributed by atoms with Gasteiger partial charge in [-0.2, -0.15) is 5.26 Å². The summed E-state index contributed by atoms with van der Waals surface area (Å²) in [5, 5.41) is 8.72. The molecule has 5 heteroatoms. The highest BCUT2D eigenvalue weighted by Gasteiger charge is 2.30. The predicted octanol–water partition coefficient (Wildman–Crippen LogP) is 1.89. The number of rotatable bonds is 2. The minimum Gasteiger partial charge on any atom is -0.336 e. The van der Waals surface area contributed by atoms with Crippen LogP contribution in [0.4, 0.5) is 0 Å². The van der Waals surface area contributed by atoms with Crippen LogP contribution in [0.5, 0.6) is 0 Å². The van der Waals surface area contributed by atoms with Crippen molar-refractivity contribution in [3.8, 4) is 6.07 Å². The van der Waals surface area contributed by atoms with Gasteiger partial charge in [0.05, 0.1) is 5.25 Å². The largest absolute Gasteiger partial charge is 0.336 e. The molecule has 1 fully saturated rings. The summed E-state index contributed by atoms with van der Waals surface area (Å²) in [5.74, 6) is 0. The van der Waals surface area contributed by atoms with E-state index in [1.165, 1.54) is 6.26 Å². The van der Waals surface area contributed by atoms with Crippen LogP contribution in [-0.4, -0.2) is 24.5 Å². The normalized spacial score (nSPS) is 25.4. The molecule has 0 N–H and O–H groups in total. The van der Waals surface area contributed by atoms with E-state index in [-0.39, 0.29) is 11.3 Å². The van der Waals surface area contributed by atoms with Crippen LogP contribution < -0.4 is 0 Å². The highest BCUT2D eigenvalue weighted by atomic mass is 32.2. The van der Waals surface area contributed by atoms with Crippen LogP contribution in [-0.2, 0) is 9.84 Å². The summed E-state index contributed by atoms with van der Waals surface area (Å²) in [6.07, 6.45) is 6.41. The molecule has 0 radical (unpaired) electrons. The van der Waals surface area contributed by atoms with Crippen molar-refractivity contribution in [2.75, 3.05) is 6.26 Å². The third-order valence-corrected chi connectivity index (χ3v) is 5.13. The first kappa shape index (κ1) is 12.2. The first-order valence-electron chi connectivity index (χ1n) is 5.78. The van der Waals surface area contributed by atoms with E-state index >= 15 is 0 Å². The van der Waals surface area contributed by atoms with Crippen LogP contribution >= 0.6 is 0 Å². The van der Waals surface area contributed by atoms with Crippen LogP contribution in [0.1, 0.15) is 37.4 Å². The van der Waals surface area contributed by atoms with E-state index in [1.54, 1.807) is 6.07 Å². The predicted molar refractivity (Wildman–Crippen MR) is 65.3 cm³/mol. The molecule has 0 amide bonds. The lowest BCUT2D eigenvalue weighted by Gasteiger charge is -2.29. The maximum absolute atomic E-state index is 11.6. The van der Waals surface area contributed by atoms with Crippen molar-refractivity contribution in [2.24, 2.45) is 0 Å². The van der Waals surface area contributed by atoms with Gasteiger partial charge < -0.3 is 4.57 Å². The molecular formula is C12H16N2O2S. The van der Waals surface area contributed by atoms with Gasteiger partial charge in [0.15, 0.2) is 0 Å². The van der Waals surface area contributed by atoms with Gasteiger partial charge in [-0.3, -0.25) is 0 Å². The second-order valence-electron chi connectivity index (χ2n) is 4.68. The van der Waals surface area contributed by atoms with Gasteiger partial charge in [-0.05, 0) is 31.4 Å². The minimum atomic E-state index is -2.97. The highest BCUT2D eigenvalue weighted by molar-refractivity contribution is 7.91. The van der Waals surface area contributed by atoms with E-state index in [2.05, 4.69) is 6.07 Å². The summed E-state index contributed by atoms with van der Waals surface area (Å²) in [6.45, 7) is 0. The van der Waals surface area contributed by atoms with Gasteiger partial charge in [-0.25, -0.2) is 8.42 Å². The maximum atomic E-state index is 11.6. The van der Waals surface area contributed by atoms with Crippen molar-refractivity contribution in [3.63, 3.8) is 0 Å². The van der Waals surface area contributed by atoms with E-state index in [0.29, 0.717) is 12.1 Å². The van der Waals surface area contributed by atoms with Gasteiger partial charge in [-0.15, -0.1) is 0 Å². The molecule has 1 aliphatic carbocycles. The van der Waals surface area contributed by atoms with E-state index in [0.717, 1.165) is 19.3 Å². The summed E-state index contributed by atoms with van der Waals surface area (Å²) in [7, 11) is -2.97. The second-order valence-corrected chi connectivity index (χ2v) is 7.01. The Balaban J connectivity index is 2.22. The number of nitrogens with zero attached hydrogens (tertiary/aromatic N) is 2. The molecular weight excluding hydrogens is 236 g/mol. The van der Waals surface area contributed by atoms with Gasteiger partial charge >= 0.3 is 0 Å². The lowest BCUT2D eigenvalue weighted by atomic mass is 9.94. The molecule has 2 unspecified atom stereocenters. The second kappa shape index (κ2) is 4.53. The van der Waals surface area contributed by atoms with E-state index in [4.69, 9.17) is 5.26 Å². The summed E-state index contributed by atoms with van der Waals surface area (Å²) >= 11 is 0. The van der Waals surface area contributed by atoms with Crippen molar-refractivity contribution in [3.05, 3.63) is 24.0 Å². The molecule has 1 heterocycles. The van der Waals surface area contributed by atoms with Gasteiger partial charge in [0.1, 0.15) is 21.6 Å². The van der Waals surface area contributed by atoms with Gasteiger partial charge in [-0.1, -0.05) is 6.42 Å². The molecule has 4 nitrogen and oxygen atoms in total. The SMILES string of the molecule is CS(=O)(=O)C1CCCC(n2cccc2C#N)C1. The van der Waals surface area contributed by atoms with Gasteiger partial charge in [0.25, 0.3) is 0 Å². The van der Waals surface area contributed by atoms with Crippen LogP contribution in [0.15, 0.2) is 18.3 Å². The monoisotopic (exact) mass is 252 g/mol. The third kappa shape index (κ3) is 2.52. The quantitative estimate of drug-likeness (QED) is 0.807. The zero-order valence-corrected chi connectivity index (χ0v) is 10.7. The number of hydrogen-bond donors (Lipinski definition) is 0. The average Bonchev–Trinajstić information content (AvgIpc) is 2.76. The topological polar surface area (TPSA) is 62.9 Å². The van der Waals surface area contributed by atoms with Gasteiger partial charge in [0.2, 0.25) is 0 Å². The van der Waals surface area contributed by atoms with Crippen LogP contribution in [0.25, 0.3) is 0 Å². The third-order valence-electron chi connectivity index (χ3n) is 3.49. The number of aromatic nitrogens is 1. The van der Waals surface area contributed by atoms with Crippen LogP contribution in [0, 0.1) is 11.3 Å². The molecule has 0 aliphatic heterocycles. The summed E-state index contributed by atoms with van der Waals surface area (Å²) in [4.78, 5) is 0. The van der Waals surface area contributed by atoms with E-state index < -0.39 is 9.84 Å². The number of nitriles is 1. The van der Waals surface area contributed by atoms with Crippen molar-refractivity contribution in [2.45, 2.75) is 37.0 Å². The molecule has 0 aromatic carbocycles. The fourth-order valence-corrected chi connectivity index (χ4v) is 3.74. The first-order chi connectivity index (χ1) is 8.02. The summed E-state index contributed by atoms with van der Waals surface area (Å²) in [6, 6.07) is 5.89. The molecule has 0 spiro atoms. The first-order valence-corrected chi connectivity index (χ1v) is 7.73. The smallest absolute Gasteiger partial charge is 0.150 e. The molecule has 2 rings (SSSR count). The standard InChI is InChI=1S/C12H16N2O2S/c1-17(15,16)12-6-2-4-10(8-12)14-7-3-5-11(14)9-13/h3,5,7,10,12H,2,4,6,8H2,1H3. The van der Waals surface area contributed by atoms with Crippen molar-refractivity contribution < 1.29 is 8.42 Å². The molecule has 17 heavy (non-hydrogen) atoms. The van der Waals surface area contributed by atoms with E-state index in [1.807, 2.05) is 16.8 Å². The minimum absolute atomic E-state index is 0.146. The van der Waals surface area contributed by atoms with Crippen molar-refractivity contribution >= 4 is 9.84 Å². The Hall–Kier alpha value is -1.28. The molecule has 1 saturated carbocycles. The Kier molecular flexibility index (Phi) is 3.25. The van der Waals surface area contributed by atoms with Crippen molar-refractivity contribution in [1.82, 2.24) is 4.57 Å². The zero-order chi connectivity index (χ0) is 12.5. The van der Waals surface area contributed by atoms with Crippen LogP contribution in [0.2, 0.25) is 0 Å². The molecule has 0 bridgehead atoms. The lowest BCUT2D eigenvalue weighted by Crippen LogP contribution is -2.29. The summed E-state index contributed by atoms with van der Waals surface area (Å²) in [5.41, 5.74) is 0.615. The Bertz CT molecular complexity index is 539. The Labute approximate surface area is 102 Å². The molecule has 92 valence electrons. The highest BCUT2D eigenvalue weighted by Crippen LogP contribution is 2.32. The maximum Gasteiger partial charge on any atom is 0.150 e. The fourth-order valence-electron chi connectivity index (χ4n) is 2.57. The zero-order valence-electron chi connectivity index (χ0n) is 9.83. The molecule has 1 aliphatic rings. The summed E-state index contributed by atoms with van der Waals surface area (Å²) < 4.78 is 25.1. The van der Waals surface area contributed by atoms with Crippen LogP contribution in [0.3, 0.4) is 0 Å². The fraction of sp³-hybridized carbons (Fsp3) is 0.583. The number of hydrogen-bond acceptors (Lipinski definition) is 3. The lowest BCUT2D eigenvalue weighted by molar-refractivity contribution is 0.351. The van der Waals surface area contributed by atoms with Gasteiger partial charge in [0, 0.05) is 18.5 Å². The average molecular weight is 252 g/mol. The Morgan fingerprint density at radius 3 is 2.88 bits per heavy atom. The molecule has 1 aromatic rings. The Morgan fingerprint density at radius 2 is 2.24 bits per heavy atom. The van der Waals surface area contributed by atoms with Crippen molar-refractivity contribution in [1.29, 1.82) is 5.26 Å². The van der Waals surface area contributed by atoms with E-state index in [9.17, 15) is 8.42 Å². The Morgan fingerprint density at radius 1 is 1.47 bits per heavy atom.